The predicted octanol–water partition coefficient (Wildman–Crippen LogP) is 1.63. The molecule has 20 heavy (non-hydrogen) atoms. The maximum absolute atomic E-state index is 12.2. The number of nitrogens with one attached hydrogen (secondary N) is 2. The number of anilines is 1. The van der Waals surface area contributed by atoms with Gasteiger partial charge >= 0.3 is 0 Å². The van der Waals surface area contributed by atoms with E-state index >= 15 is 0 Å². The number of aromatic nitrogens is 2. The Bertz CT molecular complexity index is 660. The van der Waals surface area contributed by atoms with Crippen molar-refractivity contribution in [2.45, 2.75) is 19.9 Å². The van der Waals surface area contributed by atoms with Crippen LogP contribution < -0.4 is 10.6 Å². The molecule has 5 heteroatoms. The van der Waals surface area contributed by atoms with Gasteiger partial charge in [-0.1, -0.05) is 6.07 Å². The van der Waals surface area contributed by atoms with Gasteiger partial charge in [-0.2, -0.15) is 5.10 Å². The van der Waals surface area contributed by atoms with Crippen LogP contribution in [0.2, 0.25) is 0 Å². The minimum absolute atomic E-state index is 0.112. The highest BCUT2D eigenvalue weighted by Gasteiger charge is 2.14. The summed E-state index contributed by atoms with van der Waals surface area (Å²) >= 11 is 0. The molecular formula is C15H18N4O. The van der Waals surface area contributed by atoms with Crippen LogP contribution in [0.3, 0.4) is 0 Å². The summed E-state index contributed by atoms with van der Waals surface area (Å²) < 4.78 is 1.70. The summed E-state index contributed by atoms with van der Waals surface area (Å²) in [5.41, 5.74) is 4.93. The smallest absolute Gasteiger partial charge is 0.259 e. The number of nitrogens with zero attached hydrogens (tertiary/aromatic N) is 2. The normalized spacial score (nSPS) is 13.9. The zero-order valence-electron chi connectivity index (χ0n) is 11.7. The topological polar surface area (TPSA) is 59.0 Å². The molecule has 0 radical (unpaired) electrons. The first kappa shape index (κ1) is 12.9. The summed E-state index contributed by atoms with van der Waals surface area (Å²) in [4.78, 5) is 12.2. The third-order valence-corrected chi connectivity index (χ3v) is 3.83. The minimum Gasteiger partial charge on any atom is -0.322 e. The summed E-state index contributed by atoms with van der Waals surface area (Å²) in [6.07, 6.45) is 2.65. The van der Waals surface area contributed by atoms with E-state index in [1.54, 1.807) is 10.9 Å². The van der Waals surface area contributed by atoms with E-state index < -0.39 is 0 Å². The molecule has 1 aromatic heterocycles. The van der Waals surface area contributed by atoms with E-state index in [2.05, 4.69) is 21.8 Å². The number of carbonyl (C=O) groups excluding carboxylic acids is 1. The van der Waals surface area contributed by atoms with Gasteiger partial charge in [-0.25, -0.2) is 0 Å². The van der Waals surface area contributed by atoms with Gasteiger partial charge in [0.15, 0.2) is 0 Å². The fourth-order valence-corrected chi connectivity index (χ4v) is 2.48. The number of rotatable bonds is 2. The number of amides is 1. The molecule has 0 bridgehead atoms. The van der Waals surface area contributed by atoms with E-state index in [9.17, 15) is 4.79 Å². The number of hydrogen-bond donors (Lipinski definition) is 2. The molecule has 2 heterocycles. The van der Waals surface area contributed by atoms with Gasteiger partial charge in [0.1, 0.15) is 0 Å². The second kappa shape index (κ2) is 5.09. The zero-order chi connectivity index (χ0) is 14.1. The Morgan fingerprint density at radius 3 is 3.00 bits per heavy atom. The Hall–Kier alpha value is -2.14. The van der Waals surface area contributed by atoms with Gasteiger partial charge in [-0.15, -0.1) is 0 Å². The lowest BCUT2D eigenvalue weighted by Gasteiger charge is -2.18. The minimum atomic E-state index is -0.112. The molecular weight excluding hydrogens is 252 g/mol. The monoisotopic (exact) mass is 270 g/mol. The molecule has 1 aromatic carbocycles. The second-order valence-corrected chi connectivity index (χ2v) is 5.13. The third-order valence-electron chi connectivity index (χ3n) is 3.83. The lowest BCUT2D eigenvalue weighted by atomic mass is 10.0. The van der Waals surface area contributed by atoms with Gasteiger partial charge in [0.2, 0.25) is 0 Å². The maximum atomic E-state index is 12.2. The van der Waals surface area contributed by atoms with E-state index in [4.69, 9.17) is 0 Å². The van der Waals surface area contributed by atoms with Crippen LogP contribution in [-0.4, -0.2) is 22.2 Å². The van der Waals surface area contributed by atoms with Crippen molar-refractivity contribution in [3.63, 3.8) is 0 Å². The summed E-state index contributed by atoms with van der Waals surface area (Å²) in [6.45, 7) is 3.78. The first-order valence-electron chi connectivity index (χ1n) is 6.77. The van der Waals surface area contributed by atoms with Crippen LogP contribution in [0.1, 0.15) is 27.2 Å². The van der Waals surface area contributed by atoms with Crippen molar-refractivity contribution in [3.05, 3.63) is 46.8 Å². The number of hydrogen-bond acceptors (Lipinski definition) is 3. The molecule has 1 aliphatic heterocycles. The average molecular weight is 270 g/mol. The lowest BCUT2D eigenvalue weighted by Crippen LogP contribution is -2.23. The molecule has 104 valence electrons. The Kier molecular flexibility index (Phi) is 3.28. The van der Waals surface area contributed by atoms with E-state index in [1.807, 2.05) is 26.1 Å². The highest BCUT2D eigenvalue weighted by atomic mass is 16.1. The predicted molar refractivity (Wildman–Crippen MR) is 77.8 cm³/mol. The van der Waals surface area contributed by atoms with Crippen molar-refractivity contribution in [3.8, 4) is 0 Å². The van der Waals surface area contributed by atoms with Gasteiger partial charge < -0.3 is 10.6 Å². The van der Waals surface area contributed by atoms with Crippen molar-refractivity contribution in [1.82, 2.24) is 15.1 Å². The SMILES string of the molecule is Cc1c(C(=O)Nc2ccc3c(c2)CNCC3)cnn1C. The molecule has 5 nitrogen and oxygen atoms in total. The number of fused-ring (bicyclic) bond motifs is 1. The van der Waals surface area contributed by atoms with Gasteiger partial charge in [0.25, 0.3) is 5.91 Å². The molecule has 0 aliphatic carbocycles. The molecule has 0 unspecified atom stereocenters. The van der Waals surface area contributed by atoms with Gasteiger partial charge in [0, 0.05) is 25.0 Å². The molecule has 1 amide bonds. The summed E-state index contributed by atoms with van der Waals surface area (Å²) in [5, 5.41) is 10.4. The highest BCUT2D eigenvalue weighted by molar-refractivity contribution is 6.04. The van der Waals surface area contributed by atoms with Crippen LogP contribution in [0, 0.1) is 6.92 Å². The van der Waals surface area contributed by atoms with Crippen LogP contribution in [0.5, 0.6) is 0 Å². The first-order chi connectivity index (χ1) is 9.65. The largest absolute Gasteiger partial charge is 0.322 e. The van der Waals surface area contributed by atoms with Crippen molar-refractivity contribution in [1.29, 1.82) is 0 Å². The fourth-order valence-electron chi connectivity index (χ4n) is 2.48. The van der Waals surface area contributed by atoms with Crippen molar-refractivity contribution < 1.29 is 4.79 Å². The van der Waals surface area contributed by atoms with Crippen LogP contribution in [0.15, 0.2) is 24.4 Å². The van der Waals surface area contributed by atoms with Crippen LogP contribution in [0.4, 0.5) is 5.69 Å². The molecule has 0 saturated heterocycles. The van der Waals surface area contributed by atoms with Crippen molar-refractivity contribution in [2.24, 2.45) is 7.05 Å². The molecule has 2 aromatic rings. The molecule has 0 spiro atoms. The third kappa shape index (κ3) is 2.32. The molecule has 0 saturated carbocycles. The maximum Gasteiger partial charge on any atom is 0.259 e. The van der Waals surface area contributed by atoms with E-state index in [1.165, 1.54) is 11.1 Å². The highest BCUT2D eigenvalue weighted by Crippen LogP contribution is 2.20. The van der Waals surface area contributed by atoms with Gasteiger partial charge in [-0.05, 0) is 43.1 Å². The number of aryl methyl sites for hydroxylation is 1. The van der Waals surface area contributed by atoms with Gasteiger partial charge in [0.05, 0.1) is 11.8 Å². The van der Waals surface area contributed by atoms with E-state index in [0.29, 0.717) is 5.56 Å². The Balaban J connectivity index is 1.81. The van der Waals surface area contributed by atoms with E-state index in [-0.39, 0.29) is 5.91 Å². The fraction of sp³-hybridized carbons (Fsp3) is 0.333. The molecule has 3 rings (SSSR count). The van der Waals surface area contributed by atoms with Crippen LogP contribution >= 0.6 is 0 Å². The standard InChI is InChI=1S/C15H18N4O/c1-10-14(9-17-19(10)2)15(20)18-13-4-3-11-5-6-16-8-12(11)7-13/h3-4,7,9,16H,5-6,8H2,1-2H3,(H,18,20). The number of carbonyl (C=O) groups is 1. The zero-order valence-corrected chi connectivity index (χ0v) is 11.7. The van der Waals surface area contributed by atoms with Crippen molar-refractivity contribution in [2.75, 3.05) is 11.9 Å². The van der Waals surface area contributed by atoms with Gasteiger partial charge in [-0.3, -0.25) is 9.48 Å². The van der Waals surface area contributed by atoms with E-state index in [0.717, 1.165) is 30.9 Å². The average Bonchev–Trinajstić information content (AvgIpc) is 2.79. The lowest BCUT2D eigenvalue weighted by molar-refractivity contribution is 0.102. The van der Waals surface area contributed by atoms with Crippen LogP contribution in [-0.2, 0) is 20.0 Å². The number of benzene rings is 1. The second-order valence-electron chi connectivity index (χ2n) is 5.13. The van der Waals surface area contributed by atoms with Crippen LogP contribution in [0.25, 0.3) is 0 Å². The molecule has 0 atom stereocenters. The summed E-state index contributed by atoms with van der Waals surface area (Å²) in [5.74, 6) is -0.112. The summed E-state index contributed by atoms with van der Waals surface area (Å²) in [6, 6.07) is 6.11. The Morgan fingerprint density at radius 2 is 2.25 bits per heavy atom. The van der Waals surface area contributed by atoms with Crippen molar-refractivity contribution >= 4 is 11.6 Å². The summed E-state index contributed by atoms with van der Waals surface area (Å²) in [7, 11) is 1.83. The molecule has 2 N–H and O–H groups in total. The first-order valence-corrected chi connectivity index (χ1v) is 6.77. The quantitative estimate of drug-likeness (QED) is 0.872. The molecule has 1 aliphatic rings. The Labute approximate surface area is 118 Å². The Morgan fingerprint density at radius 1 is 1.40 bits per heavy atom. The molecule has 0 fully saturated rings.